The fourth-order valence-corrected chi connectivity index (χ4v) is 4.03. The van der Waals surface area contributed by atoms with Crippen LogP contribution in [0.3, 0.4) is 0 Å². The van der Waals surface area contributed by atoms with Crippen LogP contribution in [-0.4, -0.2) is 19.0 Å². The summed E-state index contributed by atoms with van der Waals surface area (Å²) in [5.41, 5.74) is 7.49. The van der Waals surface area contributed by atoms with Gasteiger partial charge in [-0.3, -0.25) is 4.79 Å². The van der Waals surface area contributed by atoms with Gasteiger partial charge in [-0.2, -0.15) is 5.26 Å². The minimum Gasteiger partial charge on any atom is -0.490 e. The number of allylic oxidation sites excluding steroid dienone is 3. The van der Waals surface area contributed by atoms with Crippen LogP contribution in [0.5, 0.6) is 11.5 Å². The Balaban J connectivity index is 2.20. The van der Waals surface area contributed by atoms with E-state index < -0.39 is 5.92 Å². The largest absolute Gasteiger partial charge is 0.490 e. The molecule has 2 N–H and O–H groups in total. The number of carbonyl (C=O) groups is 1. The molecular weight excluding hydrogens is 412 g/mol. The quantitative estimate of drug-likeness (QED) is 0.753. The summed E-state index contributed by atoms with van der Waals surface area (Å²) in [6.45, 7) is 4.74. The van der Waals surface area contributed by atoms with Crippen LogP contribution in [-0.2, 0) is 9.53 Å². The standard InChI is InChI=1S/C20H21BrN2O4/c1-3-25-16-8-11(13(21)9-17(16)26-4-2)18-12(10-22)20(23)27-15-7-5-6-14(24)19(15)18/h8-9,18H,3-7,23H2,1-2H3/t18-/m1/s1. The lowest BCUT2D eigenvalue weighted by Gasteiger charge is -2.31. The van der Waals surface area contributed by atoms with Crippen LogP contribution in [0.15, 0.2) is 39.4 Å². The normalized spacial score (nSPS) is 19.3. The molecule has 0 aromatic heterocycles. The molecule has 1 aliphatic heterocycles. The van der Waals surface area contributed by atoms with Crippen molar-refractivity contribution >= 4 is 21.7 Å². The highest BCUT2D eigenvalue weighted by molar-refractivity contribution is 9.10. The minimum absolute atomic E-state index is 0.0137. The maximum absolute atomic E-state index is 12.7. The second-order valence-corrected chi connectivity index (χ2v) is 7.08. The molecule has 1 aromatic rings. The van der Waals surface area contributed by atoms with Crippen LogP contribution in [0.4, 0.5) is 0 Å². The number of rotatable bonds is 5. The average Bonchev–Trinajstić information content (AvgIpc) is 2.63. The summed E-state index contributed by atoms with van der Waals surface area (Å²) >= 11 is 3.57. The Morgan fingerprint density at radius 1 is 1.26 bits per heavy atom. The Hall–Kier alpha value is -2.46. The number of carbonyl (C=O) groups excluding carboxylic acids is 1. The van der Waals surface area contributed by atoms with Gasteiger partial charge in [-0.05, 0) is 38.0 Å². The van der Waals surface area contributed by atoms with E-state index in [4.69, 9.17) is 19.9 Å². The summed E-state index contributed by atoms with van der Waals surface area (Å²) in [7, 11) is 0. The van der Waals surface area contributed by atoms with Crippen LogP contribution in [0.1, 0.15) is 44.6 Å². The molecule has 0 bridgehead atoms. The number of nitrogens with zero attached hydrogens (tertiary/aromatic N) is 1. The smallest absolute Gasteiger partial charge is 0.205 e. The lowest BCUT2D eigenvalue weighted by atomic mass is 9.77. The molecule has 1 atom stereocenters. The first kappa shape index (κ1) is 19.3. The lowest BCUT2D eigenvalue weighted by molar-refractivity contribution is -0.116. The van der Waals surface area contributed by atoms with E-state index in [1.807, 2.05) is 19.9 Å². The molecule has 27 heavy (non-hydrogen) atoms. The maximum Gasteiger partial charge on any atom is 0.205 e. The Morgan fingerprint density at radius 3 is 2.56 bits per heavy atom. The van der Waals surface area contributed by atoms with Crippen molar-refractivity contribution in [2.45, 2.75) is 39.0 Å². The molecule has 3 rings (SSSR count). The van der Waals surface area contributed by atoms with E-state index >= 15 is 0 Å². The molecule has 0 unspecified atom stereocenters. The van der Waals surface area contributed by atoms with Gasteiger partial charge in [-0.15, -0.1) is 0 Å². The highest BCUT2D eigenvalue weighted by Crippen LogP contribution is 2.47. The van der Waals surface area contributed by atoms with Gasteiger partial charge < -0.3 is 19.9 Å². The van der Waals surface area contributed by atoms with Gasteiger partial charge in [0.05, 0.1) is 19.1 Å². The number of hydrogen-bond donors (Lipinski definition) is 1. The molecule has 6 nitrogen and oxygen atoms in total. The highest BCUT2D eigenvalue weighted by Gasteiger charge is 2.39. The summed E-state index contributed by atoms with van der Waals surface area (Å²) in [5.74, 6) is 1.17. The summed E-state index contributed by atoms with van der Waals surface area (Å²) in [4.78, 5) is 12.7. The molecule has 0 amide bonds. The Kier molecular flexibility index (Phi) is 5.76. The number of ketones is 1. The van der Waals surface area contributed by atoms with Crippen molar-refractivity contribution in [2.24, 2.45) is 5.73 Å². The molecule has 0 saturated carbocycles. The van der Waals surface area contributed by atoms with Crippen LogP contribution in [0, 0.1) is 11.3 Å². The molecule has 2 aliphatic rings. The van der Waals surface area contributed by atoms with E-state index in [-0.39, 0.29) is 17.2 Å². The highest BCUT2D eigenvalue weighted by atomic mass is 79.9. The van der Waals surface area contributed by atoms with Crippen LogP contribution < -0.4 is 15.2 Å². The van der Waals surface area contributed by atoms with Crippen LogP contribution in [0.25, 0.3) is 0 Å². The minimum atomic E-state index is -0.587. The first-order valence-corrected chi connectivity index (χ1v) is 9.73. The molecule has 0 saturated heterocycles. The third-order valence-corrected chi connectivity index (χ3v) is 5.27. The third-order valence-electron chi connectivity index (χ3n) is 4.58. The Labute approximate surface area is 166 Å². The SMILES string of the molecule is CCOc1cc(Br)c([C@@H]2C(C#N)=C(N)OC3=C2C(=O)CCC3)cc1OCC. The van der Waals surface area contributed by atoms with E-state index in [1.165, 1.54) is 0 Å². The topological polar surface area (TPSA) is 94.6 Å². The fraction of sp³-hybridized carbons (Fsp3) is 0.400. The second-order valence-electron chi connectivity index (χ2n) is 6.22. The van der Waals surface area contributed by atoms with E-state index in [1.54, 1.807) is 6.07 Å². The molecule has 1 aromatic carbocycles. The molecule has 0 fully saturated rings. The Morgan fingerprint density at radius 2 is 1.93 bits per heavy atom. The molecule has 7 heteroatoms. The molecule has 1 aliphatic carbocycles. The summed E-state index contributed by atoms with van der Waals surface area (Å²) in [6, 6.07) is 5.74. The predicted molar refractivity (Wildman–Crippen MR) is 103 cm³/mol. The first-order valence-electron chi connectivity index (χ1n) is 8.94. The molecule has 1 heterocycles. The van der Waals surface area contributed by atoms with Crippen molar-refractivity contribution < 1.29 is 19.0 Å². The number of nitriles is 1. The molecule has 0 radical (unpaired) electrons. The summed E-state index contributed by atoms with van der Waals surface area (Å²) < 4.78 is 17.7. The van der Waals surface area contributed by atoms with Gasteiger partial charge in [-0.1, -0.05) is 15.9 Å². The van der Waals surface area contributed by atoms with Crippen LogP contribution >= 0.6 is 15.9 Å². The monoisotopic (exact) mass is 432 g/mol. The number of halogens is 1. The second kappa shape index (κ2) is 8.05. The molecule has 142 valence electrons. The predicted octanol–water partition coefficient (Wildman–Crippen LogP) is 4.06. The van der Waals surface area contributed by atoms with Crippen molar-refractivity contribution in [2.75, 3.05) is 13.2 Å². The summed E-state index contributed by atoms with van der Waals surface area (Å²) in [6.07, 6.45) is 1.78. The van der Waals surface area contributed by atoms with Gasteiger partial charge >= 0.3 is 0 Å². The molecule has 0 spiro atoms. The van der Waals surface area contributed by atoms with Gasteiger partial charge in [0.2, 0.25) is 5.88 Å². The van der Waals surface area contributed by atoms with Crippen molar-refractivity contribution in [3.05, 3.63) is 45.0 Å². The van der Waals surface area contributed by atoms with E-state index in [0.717, 1.165) is 5.56 Å². The van der Waals surface area contributed by atoms with Gasteiger partial charge in [0.25, 0.3) is 0 Å². The first-order chi connectivity index (χ1) is 13.0. The van der Waals surface area contributed by atoms with Gasteiger partial charge in [-0.25, -0.2) is 0 Å². The van der Waals surface area contributed by atoms with E-state index in [9.17, 15) is 10.1 Å². The number of nitrogens with two attached hydrogens (primary N) is 1. The summed E-state index contributed by atoms with van der Waals surface area (Å²) in [5, 5.41) is 9.70. The number of ether oxygens (including phenoxy) is 3. The zero-order valence-corrected chi connectivity index (χ0v) is 16.9. The lowest BCUT2D eigenvalue weighted by Crippen LogP contribution is -2.27. The van der Waals surface area contributed by atoms with Crippen molar-refractivity contribution in [3.8, 4) is 17.6 Å². The van der Waals surface area contributed by atoms with Crippen molar-refractivity contribution in [1.82, 2.24) is 0 Å². The van der Waals surface area contributed by atoms with Crippen LogP contribution in [0.2, 0.25) is 0 Å². The van der Waals surface area contributed by atoms with Gasteiger partial charge in [0, 0.05) is 22.9 Å². The Bertz CT molecular complexity index is 883. The van der Waals surface area contributed by atoms with E-state index in [0.29, 0.717) is 59.8 Å². The zero-order valence-electron chi connectivity index (χ0n) is 15.3. The van der Waals surface area contributed by atoms with Crippen molar-refractivity contribution in [3.63, 3.8) is 0 Å². The average molecular weight is 433 g/mol. The number of Topliss-reactive ketones (excluding diaryl/α,β-unsaturated/α-hetero) is 1. The number of benzene rings is 1. The zero-order chi connectivity index (χ0) is 19.6. The van der Waals surface area contributed by atoms with Gasteiger partial charge in [0.15, 0.2) is 17.3 Å². The van der Waals surface area contributed by atoms with E-state index in [2.05, 4.69) is 22.0 Å². The van der Waals surface area contributed by atoms with Gasteiger partial charge in [0.1, 0.15) is 17.4 Å². The fourth-order valence-electron chi connectivity index (χ4n) is 3.48. The molecular formula is C20H21BrN2O4. The number of hydrogen-bond acceptors (Lipinski definition) is 6. The van der Waals surface area contributed by atoms with Crippen molar-refractivity contribution in [1.29, 1.82) is 5.26 Å². The maximum atomic E-state index is 12.7. The third kappa shape index (κ3) is 3.54.